The van der Waals surface area contributed by atoms with Gasteiger partial charge in [-0.2, -0.15) is 0 Å². The number of carbonyl (C=O) groups is 2. The Morgan fingerprint density at radius 2 is 1.92 bits per heavy atom. The quantitative estimate of drug-likeness (QED) is 0.733. The predicted octanol–water partition coefficient (Wildman–Crippen LogP) is 3.72. The first-order valence-corrected chi connectivity index (χ1v) is 9.46. The lowest BCUT2D eigenvalue weighted by Gasteiger charge is -2.31. The summed E-state index contributed by atoms with van der Waals surface area (Å²) in [6, 6.07) is 5.14. The number of amides is 1. The molecule has 0 spiro atoms. The zero-order chi connectivity index (χ0) is 18.6. The number of aldehydes is 1. The molecule has 1 aliphatic rings. The van der Waals surface area contributed by atoms with E-state index in [1.807, 2.05) is 19.9 Å². The number of nitrogens with two attached hydrogens (primary N) is 1. The highest BCUT2D eigenvalue weighted by Crippen LogP contribution is 2.31. The number of hydrogen-bond acceptors (Lipinski definition) is 3. The van der Waals surface area contributed by atoms with Crippen LogP contribution in [0.4, 0.5) is 0 Å². The van der Waals surface area contributed by atoms with Crippen molar-refractivity contribution in [2.45, 2.75) is 51.0 Å². The van der Waals surface area contributed by atoms with Crippen LogP contribution in [0.5, 0.6) is 0 Å². The van der Waals surface area contributed by atoms with Gasteiger partial charge >= 0.3 is 0 Å². The average Bonchev–Trinajstić information content (AvgIpc) is 2.61. The van der Waals surface area contributed by atoms with E-state index in [1.165, 1.54) is 0 Å². The Labute approximate surface area is 159 Å². The van der Waals surface area contributed by atoms with Crippen molar-refractivity contribution in [1.82, 2.24) is 5.32 Å². The molecule has 1 atom stereocenters. The number of hydrogen-bond donors (Lipinski definition) is 2. The molecular weight excluding hydrogens is 359 g/mol. The Balaban J connectivity index is 1.92. The lowest BCUT2D eigenvalue weighted by molar-refractivity contribution is -0.125. The van der Waals surface area contributed by atoms with Gasteiger partial charge in [-0.3, -0.25) is 4.79 Å². The van der Waals surface area contributed by atoms with Crippen LogP contribution >= 0.6 is 23.2 Å². The lowest BCUT2D eigenvalue weighted by Crippen LogP contribution is -2.48. The van der Waals surface area contributed by atoms with Gasteiger partial charge in [0.2, 0.25) is 5.91 Å². The van der Waals surface area contributed by atoms with Crippen molar-refractivity contribution in [3.8, 4) is 0 Å². The summed E-state index contributed by atoms with van der Waals surface area (Å²) < 4.78 is 0. The number of benzene rings is 1. The van der Waals surface area contributed by atoms with Crippen molar-refractivity contribution in [3.63, 3.8) is 0 Å². The SMILES string of the molecule is CC(C)(C(=O)NCC(N)C1CCC(C=O)CC1)c1ccc(Cl)c(Cl)c1. The van der Waals surface area contributed by atoms with Gasteiger partial charge in [-0.25, -0.2) is 0 Å². The summed E-state index contributed by atoms with van der Waals surface area (Å²) in [5.41, 5.74) is 6.34. The van der Waals surface area contributed by atoms with E-state index >= 15 is 0 Å². The third kappa shape index (κ3) is 4.96. The molecule has 1 fully saturated rings. The summed E-state index contributed by atoms with van der Waals surface area (Å²) in [5.74, 6) is 0.430. The van der Waals surface area contributed by atoms with Crippen molar-refractivity contribution in [2.24, 2.45) is 17.6 Å². The summed E-state index contributed by atoms with van der Waals surface area (Å²) in [6.07, 6.45) is 4.71. The van der Waals surface area contributed by atoms with Gasteiger partial charge in [0.15, 0.2) is 0 Å². The molecular formula is C19H26Cl2N2O2. The van der Waals surface area contributed by atoms with Crippen LogP contribution in [0.15, 0.2) is 18.2 Å². The largest absolute Gasteiger partial charge is 0.354 e. The van der Waals surface area contributed by atoms with Crippen LogP contribution in [-0.4, -0.2) is 24.8 Å². The van der Waals surface area contributed by atoms with Gasteiger partial charge < -0.3 is 15.8 Å². The fourth-order valence-corrected chi connectivity index (χ4v) is 3.62. The molecule has 0 bridgehead atoms. The molecule has 4 nitrogen and oxygen atoms in total. The van der Waals surface area contributed by atoms with E-state index in [-0.39, 0.29) is 17.9 Å². The van der Waals surface area contributed by atoms with E-state index in [0.717, 1.165) is 37.5 Å². The van der Waals surface area contributed by atoms with Crippen molar-refractivity contribution in [3.05, 3.63) is 33.8 Å². The second-order valence-corrected chi connectivity index (χ2v) is 8.25. The molecule has 138 valence electrons. The van der Waals surface area contributed by atoms with Gasteiger partial charge in [0.25, 0.3) is 0 Å². The normalized spacial score (nSPS) is 22.3. The molecule has 2 rings (SSSR count). The first-order chi connectivity index (χ1) is 11.8. The minimum Gasteiger partial charge on any atom is -0.354 e. The Bertz CT molecular complexity index is 626. The standard InChI is InChI=1S/C19H26Cl2N2O2/c1-19(2,14-7-8-15(20)16(21)9-14)18(25)23-10-17(22)13-5-3-12(11-24)4-6-13/h7-9,11-13,17H,3-6,10,22H2,1-2H3,(H,23,25). The number of nitrogens with one attached hydrogen (secondary N) is 1. The van der Waals surface area contributed by atoms with Gasteiger partial charge in [0, 0.05) is 18.5 Å². The van der Waals surface area contributed by atoms with E-state index in [1.54, 1.807) is 12.1 Å². The molecule has 0 aliphatic heterocycles. The fraction of sp³-hybridized carbons (Fsp3) is 0.579. The van der Waals surface area contributed by atoms with Crippen LogP contribution < -0.4 is 11.1 Å². The van der Waals surface area contributed by atoms with Crippen LogP contribution in [0, 0.1) is 11.8 Å². The monoisotopic (exact) mass is 384 g/mol. The Hall–Kier alpha value is -1.10. The Morgan fingerprint density at radius 3 is 2.48 bits per heavy atom. The van der Waals surface area contributed by atoms with Crippen molar-refractivity contribution in [1.29, 1.82) is 0 Å². The molecule has 0 aromatic heterocycles. The highest BCUT2D eigenvalue weighted by molar-refractivity contribution is 6.42. The third-order valence-corrected chi connectivity index (χ3v) is 6.06. The Kier molecular flexibility index (Phi) is 6.89. The highest BCUT2D eigenvalue weighted by Gasteiger charge is 2.31. The lowest BCUT2D eigenvalue weighted by atomic mass is 9.79. The zero-order valence-corrected chi connectivity index (χ0v) is 16.2. The van der Waals surface area contributed by atoms with Crippen molar-refractivity contribution >= 4 is 35.4 Å². The van der Waals surface area contributed by atoms with Gasteiger partial charge in [-0.05, 0) is 63.1 Å². The summed E-state index contributed by atoms with van der Waals surface area (Å²) in [7, 11) is 0. The molecule has 6 heteroatoms. The van der Waals surface area contributed by atoms with Crippen LogP contribution in [0.2, 0.25) is 10.0 Å². The predicted molar refractivity (Wildman–Crippen MR) is 102 cm³/mol. The van der Waals surface area contributed by atoms with Crippen molar-refractivity contribution in [2.75, 3.05) is 6.54 Å². The summed E-state index contributed by atoms with van der Waals surface area (Å²) in [4.78, 5) is 23.5. The maximum atomic E-state index is 12.7. The molecule has 0 saturated heterocycles. The molecule has 0 radical (unpaired) electrons. The van der Waals surface area contributed by atoms with Crippen molar-refractivity contribution < 1.29 is 9.59 Å². The molecule has 1 saturated carbocycles. The van der Waals surface area contributed by atoms with E-state index in [9.17, 15) is 9.59 Å². The minimum absolute atomic E-state index is 0.0945. The number of halogens is 2. The molecule has 1 aromatic rings. The van der Waals surface area contributed by atoms with E-state index in [4.69, 9.17) is 28.9 Å². The van der Waals surface area contributed by atoms with Crippen LogP contribution in [-0.2, 0) is 15.0 Å². The van der Waals surface area contributed by atoms with E-state index in [0.29, 0.717) is 22.5 Å². The fourth-order valence-electron chi connectivity index (χ4n) is 3.32. The van der Waals surface area contributed by atoms with Gasteiger partial charge in [0.05, 0.1) is 15.5 Å². The average molecular weight is 385 g/mol. The number of carbonyl (C=O) groups excluding carboxylic acids is 2. The van der Waals surface area contributed by atoms with Gasteiger partial charge in [0.1, 0.15) is 6.29 Å². The van der Waals surface area contributed by atoms with Gasteiger partial charge in [-0.1, -0.05) is 29.3 Å². The van der Waals surface area contributed by atoms with E-state index < -0.39 is 5.41 Å². The van der Waals surface area contributed by atoms with E-state index in [2.05, 4.69) is 5.32 Å². The molecule has 0 heterocycles. The molecule has 1 aromatic carbocycles. The Morgan fingerprint density at radius 1 is 1.28 bits per heavy atom. The molecule has 1 aliphatic carbocycles. The second-order valence-electron chi connectivity index (χ2n) is 7.44. The number of rotatable bonds is 6. The molecule has 1 unspecified atom stereocenters. The maximum Gasteiger partial charge on any atom is 0.230 e. The highest BCUT2D eigenvalue weighted by atomic mass is 35.5. The topological polar surface area (TPSA) is 72.2 Å². The summed E-state index contributed by atoms with van der Waals surface area (Å²) in [5, 5.41) is 3.87. The van der Waals surface area contributed by atoms with Gasteiger partial charge in [-0.15, -0.1) is 0 Å². The minimum atomic E-state index is -0.733. The molecule has 3 N–H and O–H groups in total. The smallest absolute Gasteiger partial charge is 0.230 e. The van der Waals surface area contributed by atoms with Crippen LogP contribution in [0.25, 0.3) is 0 Å². The van der Waals surface area contributed by atoms with Crippen LogP contribution in [0.1, 0.15) is 45.1 Å². The first kappa shape index (κ1) is 20.2. The molecule has 25 heavy (non-hydrogen) atoms. The summed E-state index contributed by atoms with van der Waals surface area (Å²) >= 11 is 12.0. The second kappa shape index (κ2) is 8.52. The maximum absolute atomic E-state index is 12.7. The zero-order valence-electron chi connectivity index (χ0n) is 14.7. The summed E-state index contributed by atoms with van der Waals surface area (Å²) in [6.45, 7) is 4.13. The first-order valence-electron chi connectivity index (χ1n) is 8.70. The third-order valence-electron chi connectivity index (χ3n) is 5.32. The van der Waals surface area contributed by atoms with Crippen LogP contribution in [0.3, 0.4) is 0 Å². The molecule has 1 amide bonds.